The molecule has 4 N–H and O–H groups in total. The number of ether oxygens (including phenoxy) is 2. The maximum absolute atomic E-state index is 12.3. The van der Waals surface area contributed by atoms with Gasteiger partial charge < -0.3 is 24.5 Å². The minimum atomic E-state index is -0.576. The predicted octanol–water partition coefficient (Wildman–Crippen LogP) is 4.85. The fraction of sp³-hybridized carbons (Fsp3) is 0.364. The number of imidazole rings is 1. The van der Waals surface area contributed by atoms with Crippen LogP contribution < -0.4 is 10.8 Å². The van der Waals surface area contributed by atoms with E-state index in [1.54, 1.807) is 5.48 Å². The van der Waals surface area contributed by atoms with E-state index in [1.165, 1.54) is 0 Å². The van der Waals surface area contributed by atoms with Crippen molar-refractivity contribution in [1.29, 1.82) is 0 Å². The van der Waals surface area contributed by atoms with Crippen LogP contribution in [0.4, 0.5) is 0 Å². The molecule has 3 atom stereocenters. The number of carbonyl (C=O) groups excluding carboxylic acids is 2. The number of nitrogens with zero attached hydrogens (tertiary/aromatic N) is 2. The third-order valence-corrected chi connectivity index (χ3v) is 7.72. The number of aromatic nitrogens is 2. The number of rotatable bonds is 13. The fourth-order valence-electron chi connectivity index (χ4n) is 5.29. The van der Waals surface area contributed by atoms with Crippen LogP contribution in [-0.2, 0) is 38.8 Å². The molecule has 1 aromatic heterocycles. The molecule has 0 aliphatic carbocycles. The lowest BCUT2D eigenvalue weighted by atomic mass is 9.99. The fourth-order valence-corrected chi connectivity index (χ4v) is 5.29. The van der Waals surface area contributed by atoms with Crippen LogP contribution in [0.1, 0.15) is 73.2 Å². The van der Waals surface area contributed by atoms with E-state index < -0.39 is 12.2 Å². The van der Waals surface area contributed by atoms with Crippen molar-refractivity contribution in [3.05, 3.63) is 101 Å². The lowest BCUT2D eigenvalue weighted by Crippen LogP contribution is -2.32. The molecule has 4 aromatic rings. The molecule has 0 spiro atoms. The zero-order valence-corrected chi connectivity index (χ0v) is 24.0. The lowest BCUT2D eigenvalue weighted by molar-refractivity contribution is -0.252. The highest BCUT2D eigenvalue weighted by molar-refractivity contribution is 5.76. The number of amides is 2. The number of aliphatic hydroxyl groups is 1. The Hall–Kier alpha value is -4.09. The largest absolute Gasteiger partial charge is 0.392 e. The van der Waals surface area contributed by atoms with E-state index in [9.17, 15) is 14.7 Å². The predicted molar refractivity (Wildman–Crippen MR) is 159 cm³/mol. The van der Waals surface area contributed by atoms with E-state index in [-0.39, 0.29) is 31.1 Å². The Balaban J connectivity index is 1.21. The van der Waals surface area contributed by atoms with Crippen LogP contribution >= 0.6 is 0 Å². The molecule has 3 aromatic carbocycles. The summed E-state index contributed by atoms with van der Waals surface area (Å²) in [5.41, 5.74) is 7.34. The molecule has 0 radical (unpaired) electrons. The molecule has 5 rings (SSSR count). The van der Waals surface area contributed by atoms with Crippen LogP contribution in [-0.4, -0.2) is 37.8 Å². The summed E-state index contributed by atoms with van der Waals surface area (Å²) in [6, 6.07) is 23.7. The first-order valence-corrected chi connectivity index (χ1v) is 14.7. The van der Waals surface area contributed by atoms with Gasteiger partial charge in [-0.2, -0.15) is 0 Å². The topological polar surface area (TPSA) is 135 Å². The van der Waals surface area contributed by atoms with Gasteiger partial charge in [-0.15, -0.1) is 0 Å². The molecular weight excluding hydrogens is 548 g/mol. The van der Waals surface area contributed by atoms with Crippen molar-refractivity contribution in [2.24, 2.45) is 0 Å². The second-order valence-electron chi connectivity index (χ2n) is 10.8. The van der Waals surface area contributed by atoms with E-state index in [2.05, 4.69) is 20.9 Å². The number of hydrogen-bond acceptors (Lipinski definition) is 7. The standard InChI is InChI=1S/C33H38N4O6/c38-21-24-12-14-25(15-13-24)30-18-27(20-37-22-35-28-6-4-5-7-29(28)37)42-33(43-30)26-16-10-23(11-17-26)19-34-31(39)8-2-1-3-9-32(40)36-41/h4-7,10-17,22,27,30,33,38,41H,1-3,8-9,18-21H2,(H,34,39)(H,36,40)/t27-,30+,33+/m0/s1. The Labute approximate surface area is 250 Å². The minimum Gasteiger partial charge on any atom is -0.392 e. The summed E-state index contributed by atoms with van der Waals surface area (Å²) in [6.07, 6.45) is 4.30. The first-order chi connectivity index (χ1) is 21.0. The van der Waals surface area contributed by atoms with Crippen LogP contribution in [0.3, 0.4) is 0 Å². The summed E-state index contributed by atoms with van der Waals surface area (Å²) in [7, 11) is 0. The highest BCUT2D eigenvalue weighted by atomic mass is 16.7. The van der Waals surface area contributed by atoms with Gasteiger partial charge in [-0.1, -0.05) is 67.1 Å². The van der Waals surface area contributed by atoms with Gasteiger partial charge in [0.1, 0.15) is 0 Å². The van der Waals surface area contributed by atoms with E-state index in [1.807, 2.05) is 73.1 Å². The second-order valence-corrected chi connectivity index (χ2v) is 10.8. The first kappa shape index (κ1) is 30.4. The number of hydrogen-bond donors (Lipinski definition) is 4. The Morgan fingerprint density at radius 2 is 1.56 bits per heavy atom. The van der Waals surface area contributed by atoms with Crippen molar-refractivity contribution in [3.8, 4) is 0 Å². The van der Waals surface area contributed by atoms with Gasteiger partial charge in [0.25, 0.3) is 0 Å². The van der Waals surface area contributed by atoms with Crippen molar-refractivity contribution < 1.29 is 29.4 Å². The molecule has 226 valence electrons. The molecule has 2 amide bonds. The maximum Gasteiger partial charge on any atom is 0.243 e. The number of nitrogens with one attached hydrogen (secondary N) is 2. The smallest absolute Gasteiger partial charge is 0.243 e. The number of benzene rings is 3. The number of fused-ring (bicyclic) bond motifs is 1. The van der Waals surface area contributed by atoms with Gasteiger partial charge in [-0.3, -0.25) is 14.8 Å². The number of aliphatic hydroxyl groups excluding tert-OH is 1. The van der Waals surface area contributed by atoms with E-state index in [0.717, 1.165) is 39.7 Å². The normalized spacial score (nSPS) is 18.4. The SMILES string of the molecule is O=C(CCCCCC(=O)NCc1ccc([C@@H]2O[C@H](Cn3cnc4ccccc43)C[C@H](c3ccc(CO)cc3)O2)cc1)NO. The van der Waals surface area contributed by atoms with Crippen LogP contribution in [0, 0.1) is 0 Å². The van der Waals surface area contributed by atoms with Gasteiger partial charge in [0, 0.05) is 31.4 Å². The molecular formula is C33H38N4O6. The third kappa shape index (κ3) is 8.26. The molecule has 10 heteroatoms. The van der Waals surface area contributed by atoms with Gasteiger partial charge in [-0.05, 0) is 41.7 Å². The van der Waals surface area contributed by atoms with Crippen LogP contribution in [0.15, 0.2) is 79.1 Å². The van der Waals surface area contributed by atoms with Crippen LogP contribution in [0.2, 0.25) is 0 Å². The maximum atomic E-state index is 12.3. The van der Waals surface area contributed by atoms with Gasteiger partial charge in [-0.25, -0.2) is 10.5 Å². The zero-order valence-electron chi connectivity index (χ0n) is 24.0. The monoisotopic (exact) mass is 586 g/mol. The molecule has 1 fully saturated rings. The summed E-state index contributed by atoms with van der Waals surface area (Å²) in [5.74, 6) is -0.453. The molecule has 1 saturated heterocycles. The van der Waals surface area contributed by atoms with Gasteiger partial charge >= 0.3 is 0 Å². The zero-order chi connectivity index (χ0) is 30.0. The highest BCUT2D eigenvalue weighted by Gasteiger charge is 2.32. The van der Waals surface area contributed by atoms with Crippen molar-refractivity contribution >= 4 is 22.8 Å². The summed E-state index contributed by atoms with van der Waals surface area (Å²) in [5, 5.41) is 20.9. The Bertz CT molecular complexity index is 1490. The average Bonchev–Trinajstić information content (AvgIpc) is 3.46. The highest BCUT2D eigenvalue weighted by Crippen LogP contribution is 2.38. The summed E-state index contributed by atoms with van der Waals surface area (Å²) in [6.45, 7) is 1.03. The van der Waals surface area contributed by atoms with Gasteiger partial charge in [0.15, 0.2) is 6.29 Å². The lowest BCUT2D eigenvalue weighted by Gasteiger charge is -2.36. The summed E-state index contributed by atoms with van der Waals surface area (Å²) < 4.78 is 15.1. The molecule has 0 bridgehead atoms. The number of unbranched alkanes of at least 4 members (excludes halogenated alkanes) is 2. The van der Waals surface area contributed by atoms with Gasteiger partial charge in [0.2, 0.25) is 11.8 Å². The molecule has 1 aliphatic heterocycles. The molecule has 1 aliphatic rings. The minimum absolute atomic E-state index is 0.00776. The first-order valence-electron chi connectivity index (χ1n) is 14.7. The van der Waals surface area contributed by atoms with E-state index in [0.29, 0.717) is 38.8 Å². The molecule has 0 saturated carbocycles. The van der Waals surface area contributed by atoms with Crippen molar-refractivity contribution in [2.75, 3.05) is 0 Å². The van der Waals surface area contributed by atoms with Crippen molar-refractivity contribution in [2.45, 2.75) is 76.7 Å². The van der Waals surface area contributed by atoms with Gasteiger partial charge in [0.05, 0.1) is 42.7 Å². The van der Waals surface area contributed by atoms with Crippen molar-refractivity contribution in [1.82, 2.24) is 20.3 Å². The number of para-hydroxylation sites is 2. The Kier molecular flexibility index (Phi) is 10.5. The molecule has 10 nitrogen and oxygen atoms in total. The average molecular weight is 587 g/mol. The van der Waals surface area contributed by atoms with Crippen molar-refractivity contribution in [3.63, 3.8) is 0 Å². The van der Waals surface area contributed by atoms with E-state index in [4.69, 9.17) is 14.7 Å². The van der Waals surface area contributed by atoms with E-state index >= 15 is 0 Å². The third-order valence-electron chi connectivity index (χ3n) is 7.72. The van der Waals surface area contributed by atoms with Crippen LogP contribution in [0.5, 0.6) is 0 Å². The Morgan fingerprint density at radius 1 is 0.860 bits per heavy atom. The molecule has 2 heterocycles. The number of hydroxylamine groups is 1. The molecule has 0 unspecified atom stereocenters. The second kappa shape index (κ2) is 14.9. The summed E-state index contributed by atoms with van der Waals surface area (Å²) in [4.78, 5) is 27.8. The summed E-state index contributed by atoms with van der Waals surface area (Å²) >= 11 is 0. The molecule has 43 heavy (non-hydrogen) atoms. The number of carbonyl (C=O) groups is 2. The van der Waals surface area contributed by atoms with Crippen LogP contribution in [0.25, 0.3) is 11.0 Å². The quantitative estimate of drug-likeness (QED) is 0.1000. The Morgan fingerprint density at radius 3 is 2.30 bits per heavy atom.